The number of nitro groups is 1. The second-order valence-corrected chi connectivity index (χ2v) is 2.69. The van der Waals surface area contributed by atoms with Crippen molar-refractivity contribution in [2.24, 2.45) is 5.84 Å². The minimum Gasteiger partial charge on any atom is -0.335 e. The molecule has 0 saturated carbocycles. The lowest BCUT2D eigenvalue weighted by atomic mass is 10.7. The lowest BCUT2D eigenvalue weighted by Crippen LogP contribution is -2.18. The maximum atomic E-state index is 9.64. The SMILES string of the molecule is Cc1nnc(NN)n1N.O=[N+]([O-])Nc1nn[nH]n1. The van der Waals surface area contributed by atoms with Gasteiger partial charge in [-0.15, -0.1) is 15.3 Å². The van der Waals surface area contributed by atoms with E-state index in [2.05, 4.69) is 36.2 Å². The summed E-state index contributed by atoms with van der Waals surface area (Å²) in [7, 11) is 0. The van der Waals surface area contributed by atoms with Gasteiger partial charge in [0.1, 0.15) is 0 Å². The molecule has 0 spiro atoms. The van der Waals surface area contributed by atoms with Gasteiger partial charge in [-0.1, -0.05) is 10.5 Å². The highest BCUT2D eigenvalue weighted by Crippen LogP contribution is 1.96. The molecule has 14 heteroatoms. The average molecular weight is 258 g/mol. The fourth-order valence-corrected chi connectivity index (χ4v) is 0.759. The molecule has 0 aliphatic heterocycles. The number of aromatic amines is 1. The standard InChI is InChI=1S/C3H8N6.CH2N6O2/c1-2-7-8-3(6-4)9(2)5;8-7(9)4-1-2-5-6-3-1/h4-5H2,1H3,(H,6,8);(H2,2,3,4,5,6). The summed E-state index contributed by atoms with van der Waals surface area (Å²) in [6.45, 7) is 1.73. The molecule has 18 heavy (non-hydrogen) atoms. The molecule has 0 aliphatic rings. The van der Waals surface area contributed by atoms with Crippen LogP contribution in [-0.2, 0) is 0 Å². The van der Waals surface area contributed by atoms with E-state index >= 15 is 0 Å². The minimum atomic E-state index is -0.773. The molecule has 0 aliphatic carbocycles. The number of nitrogen functional groups attached to an aromatic ring is 2. The van der Waals surface area contributed by atoms with E-state index in [1.54, 1.807) is 12.3 Å². The van der Waals surface area contributed by atoms with Crippen molar-refractivity contribution in [2.75, 3.05) is 16.7 Å². The number of anilines is 2. The summed E-state index contributed by atoms with van der Waals surface area (Å²) in [6.07, 6.45) is 0. The van der Waals surface area contributed by atoms with E-state index < -0.39 is 5.03 Å². The quantitative estimate of drug-likeness (QED) is 0.219. The predicted molar refractivity (Wildman–Crippen MR) is 57.5 cm³/mol. The largest absolute Gasteiger partial charge is 0.335 e. The Hall–Kier alpha value is -3.03. The second-order valence-electron chi connectivity index (χ2n) is 2.69. The van der Waals surface area contributed by atoms with Crippen LogP contribution in [0.4, 0.5) is 11.9 Å². The van der Waals surface area contributed by atoms with Crippen molar-refractivity contribution in [3.63, 3.8) is 0 Å². The topological polar surface area (TPSA) is 204 Å². The molecule has 0 aromatic carbocycles. The number of aryl methyl sites for hydroxylation is 1. The van der Waals surface area contributed by atoms with Gasteiger partial charge in [-0.2, -0.15) is 5.21 Å². The molecule has 0 atom stereocenters. The number of tetrazole rings is 1. The van der Waals surface area contributed by atoms with Crippen LogP contribution in [0, 0.1) is 17.0 Å². The summed E-state index contributed by atoms with van der Waals surface area (Å²) in [5.74, 6) is 11.2. The maximum Gasteiger partial charge on any atom is 0.323 e. The van der Waals surface area contributed by atoms with Crippen LogP contribution < -0.4 is 22.5 Å². The second kappa shape index (κ2) is 5.89. The Labute approximate surface area is 98.8 Å². The lowest BCUT2D eigenvalue weighted by molar-refractivity contribution is -0.446. The molecule has 2 aromatic heterocycles. The molecule has 98 valence electrons. The summed E-state index contributed by atoms with van der Waals surface area (Å²) < 4.78 is 1.26. The fraction of sp³-hybridized carbons (Fsp3) is 0.250. The first-order valence-electron chi connectivity index (χ1n) is 4.32. The van der Waals surface area contributed by atoms with Gasteiger partial charge in [0.2, 0.25) is 0 Å². The van der Waals surface area contributed by atoms with E-state index in [9.17, 15) is 10.1 Å². The third-order valence-corrected chi connectivity index (χ3v) is 1.53. The van der Waals surface area contributed by atoms with Crippen molar-refractivity contribution < 1.29 is 5.03 Å². The number of aromatic nitrogens is 7. The zero-order chi connectivity index (χ0) is 13.5. The van der Waals surface area contributed by atoms with Crippen LogP contribution in [0.5, 0.6) is 0 Å². The van der Waals surface area contributed by atoms with Crippen LogP contribution in [0.1, 0.15) is 5.82 Å². The summed E-state index contributed by atoms with van der Waals surface area (Å²) in [6, 6.07) is 0. The van der Waals surface area contributed by atoms with E-state index in [-0.39, 0.29) is 5.95 Å². The Morgan fingerprint density at radius 2 is 2.17 bits per heavy atom. The monoisotopic (exact) mass is 258 g/mol. The molecular weight excluding hydrogens is 248 g/mol. The van der Waals surface area contributed by atoms with Crippen molar-refractivity contribution in [3.8, 4) is 0 Å². The van der Waals surface area contributed by atoms with Crippen LogP contribution in [0.3, 0.4) is 0 Å². The maximum absolute atomic E-state index is 9.64. The Morgan fingerprint density at radius 1 is 1.44 bits per heavy atom. The van der Waals surface area contributed by atoms with Crippen LogP contribution >= 0.6 is 0 Å². The van der Waals surface area contributed by atoms with Gasteiger partial charge in [0.15, 0.2) is 10.9 Å². The first kappa shape index (κ1) is 13.0. The van der Waals surface area contributed by atoms with Crippen LogP contribution in [-0.4, -0.2) is 40.5 Å². The van der Waals surface area contributed by atoms with Crippen molar-refractivity contribution >= 4 is 11.9 Å². The highest BCUT2D eigenvalue weighted by molar-refractivity contribution is 5.22. The van der Waals surface area contributed by atoms with Gasteiger partial charge in [0.05, 0.1) is 0 Å². The van der Waals surface area contributed by atoms with Gasteiger partial charge in [0, 0.05) is 0 Å². The summed E-state index contributed by atoms with van der Waals surface area (Å²) in [4.78, 5) is 9.64. The number of nitrogens with two attached hydrogens (primary N) is 2. The zero-order valence-corrected chi connectivity index (χ0v) is 9.10. The number of hydrogen-bond acceptors (Lipinski definition) is 10. The Balaban J connectivity index is 0.000000180. The number of nitrogens with zero attached hydrogens (tertiary/aromatic N) is 7. The first-order valence-corrected chi connectivity index (χ1v) is 4.32. The minimum absolute atomic E-state index is 0.153. The number of hydrogen-bond donors (Lipinski definition) is 5. The third-order valence-electron chi connectivity index (χ3n) is 1.53. The number of hydrazine groups is 2. The molecule has 2 aromatic rings. The molecule has 0 radical (unpaired) electrons. The molecule has 14 nitrogen and oxygen atoms in total. The average Bonchev–Trinajstić information content (AvgIpc) is 2.91. The van der Waals surface area contributed by atoms with Crippen LogP contribution in [0.25, 0.3) is 0 Å². The van der Waals surface area contributed by atoms with Crippen molar-refractivity contribution in [3.05, 3.63) is 15.9 Å². The van der Waals surface area contributed by atoms with Crippen molar-refractivity contribution in [1.82, 2.24) is 35.5 Å². The number of rotatable bonds is 3. The van der Waals surface area contributed by atoms with Gasteiger partial charge in [-0.05, 0) is 12.1 Å². The molecule has 7 N–H and O–H groups in total. The first-order chi connectivity index (χ1) is 8.54. The molecule has 0 unspecified atom stereocenters. The summed E-state index contributed by atoms with van der Waals surface area (Å²) >= 11 is 0. The van der Waals surface area contributed by atoms with Crippen LogP contribution in [0.2, 0.25) is 0 Å². The molecular formula is C4H10N12O2. The fourth-order valence-electron chi connectivity index (χ4n) is 0.759. The summed E-state index contributed by atoms with van der Waals surface area (Å²) in [5.41, 5.74) is 3.97. The number of nitrogens with one attached hydrogen (secondary N) is 3. The van der Waals surface area contributed by atoms with E-state index in [0.29, 0.717) is 11.8 Å². The van der Waals surface area contributed by atoms with Gasteiger partial charge in [-0.3, -0.25) is 5.43 Å². The molecule has 0 fully saturated rings. The van der Waals surface area contributed by atoms with Crippen molar-refractivity contribution in [1.29, 1.82) is 0 Å². The van der Waals surface area contributed by atoms with E-state index in [1.165, 1.54) is 4.68 Å². The Bertz CT molecular complexity index is 488. The van der Waals surface area contributed by atoms with E-state index in [4.69, 9.17) is 11.7 Å². The molecule has 0 amide bonds. The Kier molecular flexibility index (Phi) is 4.27. The van der Waals surface area contributed by atoms with Gasteiger partial charge in [-0.25, -0.2) is 20.6 Å². The smallest absolute Gasteiger partial charge is 0.323 e. The van der Waals surface area contributed by atoms with Crippen LogP contribution in [0.15, 0.2) is 0 Å². The highest BCUT2D eigenvalue weighted by atomic mass is 16.7. The lowest BCUT2D eigenvalue weighted by Gasteiger charge is -1.96. The van der Waals surface area contributed by atoms with E-state index in [0.717, 1.165) is 0 Å². The molecule has 0 saturated heterocycles. The molecule has 0 bridgehead atoms. The van der Waals surface area contributed by atoms with Gasteiger partial charge < -0.3 is 5.84 Å². The molecule has 2 heterocycles. The number of H-pyrrole nitrogens is 1. The van der Waals surface area contributed by atoms with E-state index in [1.807, 2.05) is 0 Å². The third kappa shape index (κ3) is 3.52. The molecule has 2 rings (SSSR count). The Morgan fingerprint density at radius 3 is 2.50 bits per heavy atom. The van der Waals surface area contributed by atoms with Gasteiger partial charge >= 0.3 is 5.95 Å². The zero-order valence-electron chi connectivity index (χ0n) is 9.10. The predicted octanol–water partition coefficient (Wildman–Crippen LogP) is -2.61. The van der Waals surface area contributed by atoms with Gasteiger partial charge in [0.25, 0.3) is 5.95 Å². The highest BCUT2D eigenvalue weighted by Gasteiger charge is 2.01. The normalized spacial score (nSPS) is 9.22. The van der Waals surface area contributed by atoms with Crippen molar-refractivity contribution in [2.45, 2.75) is 6.92 Å². The summed E-state index contributed by atoms with van der Waals surface area (Å²) in [5, 5.41) is 27.7.